The van der Waals surface area contributed by atoms with Gasteiger partial charge < -0.3 is 4.74 Å². The molecule has 0 aliphatic carbocycles. The van der Waals surface area contributed by atoms with Gasteiger partial charge in [0.15, 0.2) is 0 Å². The molecule has 0 N–H and O–H groups in total. The third-order valence-electron chi connectivity index (χ3n) is 2.33. The number of benzene rings is 1. The van der Waals surface area contributed by atoms with Crippen molar-refractivity contribution in [3.05, 3.63) is 40.8 Å². The number of nitrogens with zero attached hydrogens (tertiary/aromatic N) is 1. The van der Waals surface area contributed by atoms with E-state index in [1.165, 1.54) is 12.1 Å². The minimum absolute atomic E-state index is 0.0893. The number of Topliss-reactive ketones (excluding diaryl/α,β-unsaturated/α-hetero) is 1. The summed E-state index contributed by atoms with van der Waals surface area (Å²) < 4.78 is 4.69. The van der Waals surface area contributed by atoms with E-state index in [-0.39, 0.29) is 12.2 Å². The molecule has 0 saturated heterocycles. The largest absolute Gasteiger partial charge is 0.464 e. The normalized spacial score (nSPS) is 13.5. The van der Waals surface area contributed by atoms with Gasteiger partial charge in [0, 0.05) is 5.56 Å². The van der Waals surface area contributed by atoms with Gasteiger partial charge >= 0.3 is 5.97 Å². The topological polar surface area (TPSA) is 72.8 Å². The maximum absolute atomic E-state index is 12.0. The minimum atomic E-state index is -2.02. The van der Waals surface area contributed by atoms with Crippen molar-refractivity contribution in [2.75, 3.05) is 6.61 Å². The third kappa shape index (κ3) is 2.55. The zero-order chi connectivity index (χ0) is 12.9. The van der Waals surface area contributed by atoms with E-state index in [9.17, 15) is 14.5 Å². The van der Waals surface area contributed by atoms with E-state index in [4.69, 9.17) is 0 Å². The molecule has 5 nitrogen and oxygen atoms in total. The zero-order valence-corrected chi connectivity index (χ0v) is 9.67. The molecule has 1 unspecified atom stereocenters. The molecule has 1 atom stereocenters. The molecular formula is C12H13NO4. The Morgan fingerprint density at radius 1 is 1.29 bits per heavy atom. The molecule has 1 aromatic rings. The maximum atomic E-state index is 12.0. The molecule has 5 heteroatoms. The second kappa shape index (κ2) is 5.34. The average Bonchev–Trinajstić information content (AvgIpc) is 2.38. The van der Waals surface area contributed by atoms with Gasteiger partial charge in [-0.15, -0.1) is 4.91 Å². The second-order valence-electron chi connectivity index (χ2n) is 3.58. The van der Waals surface area contributed by atoms with Crippen LogP contribution in [0.15, 0.2) is 35.5 Å². The van der Waals surface area contributed by atoms with E-state index in [2.05, 4.69) is 9.91 Å². The lowest BCUT2D eigenvalue weighted by molar-refractivity contribution is -0.146. The van der Waals surface area contributed by atoms with E-state index in [1.54, 1.807) is 25.1 Å². The van der Waals surface area contributed by atoms with Crippen LogP contribution in [0.5, 0.6) is 0 Å². The standard InChI is InChI=1S/C12H13NO4/c1-3-17-11(15)12(2,13-16)10(14)9-7-5-4-6-8-9/h4-8H,3H2,1-2H3. The van der Waals surface area contributed by atoms with Crippen LogP contribution in [0.3, 0.4) is 0 Å². The Labute approximate surface area is 98.8 Å². The number of carbonyl (C=O) groups excluding carboxylic acids is 2. The Morgan fingerprint density at radius 3 is 2.35 bits per heavy atom. The van der Waals surface area contributed by atoms with E-state index >= 15 is 0 Å². The number of hydrogen-bond acceptors (Lipinski definition) is 5. The molecular weight excluding hydrogens is 222 g/mol. The Morgan fingerprint density at radius 2 is 1.88 bits per heavy atom. The fourth-order valence-corrected chi connectivity index (χ4v) is 1.31. The molecule has 1 rings (SSSR count). The summed E-state index contributed by atoms with van der Waals surface area (Å²) in [5.74, 6) is -1.59. The first-order chi connectivity index (χ1) is 8.06. The van der Waals surface area contributed by atoms with Crippen LogP contribution in [0.2, 0.25) is 0 Å². The summed E-state index contributed by atoms with van der Waals surface area (Å²) in [7, 11) is 0. The zero-order valence-electron chi connectivity index (χ0n) is 9.67. The summed E-state index contributed by atoms with van der Waals surface area (Å²) in [5, 5.41) is 2.64. The highest BCUT2D eigenvalue weighted by molar-refractivity contribution is 6.16. The molecule has 0 fully saturated rings. The van der Waals surface area contributed by atoms with Gasteiger partial charge in [0.25, 0.3) is 5.54 Å². The summed E-state index contributed by atoms with van der Waals surface area (Å²) in [6, 6.07) is 8.05. The Bertz CT molecular complexity index is 429. The molecule has 90 valence electrons. The highest BCUT2D eigenvalue weighted by Gasteiger charge is 2.45. The van der Waals surface area contributed by atoms with Crippen LogP contribution in [0.4, 0.5) is 0 Å². The van der Waals surface area contributed by atoms with E-state index in [0.29, 0.717) is 0 Å². The van der Waals surface area contributed by atoms with Crippen LogP contribution >= 0.6 is 0 Å². The molecule has 0 heterocycles. The number of esters is 1. The first kappa shape index (κ1) is 13.0. The fraction of sp³-hybridized carbons (Fsp3) is 0.333. The van der Waals surface area contributed by atoms with Gasteiger partial charge in [-0.1, -0.05) is 30.3 Å². The molecule has 0 radical (unpaired) electrons. The fourth-order valence-electron chi connectivity index (χ4n) is 1.31. The van der Waals surface area contributed by atoms with Crippen molar-refractivity contribution in [3.63, 3.8) is 0 Å². The number of ether oxygens (including phenoxy) is 1. The van der Waals surface area contributed by atoms with E-state index < -0.39 is 17.3 Å². The van der Waals surface area contributed by atoms with Crippen LogP contribution in [-0.4, -0.2) is 23.9 Å². The molecule has 0 aliphatic rings. The predicted molar refractivity (Wildman–Crippen MR) is 61.6 cm³/mol. The molecule has 0 amide bonds. The monoisotopic (exact) mass is 235 g/mol. The van der Waals surface area contributed by atoms with E-state index in [0.717, 1.165) is 6.92 Å². The number of hydrogen-bond donors (Lipinski definition) is 0. The molecule has 1 aromatic carbocycles. The smallest absolute Gasteiger partial charge is 0.345 e. The summed E-state index contributed by atoms with van der Waals surface area (Å²) in [6.45, 7) is 2.84. The predicted octanol–water partition coefficient (Wildman–Crippen LogP) is 1.96. The van der Waals surface area contributed by atoms with Gasteiger partial charge in [-0.25, -0.2) is 4.79 Å². The van der Waals surface area contributed by atoms with Gasteiger partial charge in [-0.2, -0.15) is 0 Å². The molecule has 0 aromatic heterocycles. The van der Waals surface area contributed by atoms with Crippen molar-refractivity contribution in [1.29, 1.82) is 0 Å². The number of nitroso groups, excluding NO2 is 1. The van der Waals surface area contributed by atoms with Crippen molar-refractivity contribution in [1.82, 2.24) is 0 Å². The van der Waals surface area contributed by atoms with Crippen molar-refractivity contribution in [3.8, 4) is 0 Å². The number of ketones is 1. The van der Waals surface area contributed by atoms with Crippen molar-refractivity contribution in [2.45, 2.75) is 19.4 Å². The van der Waals surface area contributed by atoms with Crippen molar-refractivity contribution < 1.29 is 14.3 Å². The average molecular weight is 235 g/mol. The highest BCUT2D eigenvalue weighted by Crippen LogP contribution is 2.19. The highest BCUT2D eigenvalue weighted by atomic mass is 16.5. The van der Waals surface area contributed by atoms with Gasteiger partial charge in [0.2, 0.25) is 5.78 Å². The lowest BCUT2D eigenvalue weighted by Gasteiger charge is -2.17. The van der Waals surface area contributed by atoms with Crippen LogP contribution in [-0.2, 0) is 9.53 Å². The minimum Gasteiger partial charge on any atom is -0.464 e. The first-order valence-electron chi connectivity index (χ1n) is 5.18. The second-order valence-corrected chi connectivity index (χ2v) is 3.58. The Balaban J connectivity index is 3.06. The molecule has 0 aliphatic heterocycles. The van der Waals surface area contributed by atoms with Gasteiger partial charge in [-0.3, -0.25) is 4.79 Å². The SMILES string of the molecule is CCOC(=O)C(C)(N=O)C(=O)c1ccccc1. The van der Waals surface area contributed by atoms with Gasteiger partial charge in [-0.05, 0) is 19.0 Å². The summed E-state index contributed by atoms with van der Waals surface area (Å²) in [4.78, 5) is 34.4. The van der Waals surface area contributed by atoms with E-state index in [1.807, 2.05) is 0 Å². The Hall–Kier alpha value is -2.04. The summed E-state index contributed by atoms with van der Waals surface area (Å²) in [5.41, 5.74) is -1.76. The summed E-state index contributed by atoms with van der Waals surface area (Å²) >= 11 is 0. The van der Waals surface area contributed by atoms with Crippen LogP contribution in [0.25, 0.3) is 0 Å². The number of rotatable bonds is 5. The molecule has 0 bridgehead atoms. The van der Waals surface area contributed by atoms with Crippen molar-refractivity contribution in [2.24, 2.45) is 5.18 Å². The lowest BCUT2D eigenvalue weighted by Crippen LogP contribution is -2.43. The third-order valence-corrected chi connectivity index (χ3v) is 2.33. The molecule has 0 saturated carbocycles. The van der Waals surface area contributed by atoms with Crippen molar-refractivity contribution >= 4 is 11.8 Å². The van der Waals surface area contributed by atoms with Gasteiger partial charge in [0.05, 0.1) is 6.61 Å². The Kier molecular flexibility index (Phi) is 4.09. The first-order valence-corrected chi connectivity index (χ1v) is 5.18. The summed E-state index contributed by atoms with van der Waals surface area (Å²) in [6.07, 6.45) is 0. The maximum Gasteiger partial charge on any atom is 0.345 e. The molecule has 0 spiro atoms. The lowest BCUT2D eigenvalue weighted by atomic mass is 9.92. The van der Waals surface area contributed by atoms with Gasteiger partial charge in [0.1, 0.15) is 0 Å². The molecule has 17 heavy (non-hydrogen) atoms. The van der Waals surface area contributed by atoms with Crippen LogP contribution < -0.4 is 0 Å². The quantitative estimate of drug-likeness (QED) is 0.338. The van der Waals surface area contributed by atoms with Crippen LogP contribution in [0.1, 0.15) is 24.2 Å². The van der Waals surface area contributed by atoms with Crippen LogP contribution in [0, 0.1) is 4.91 Å². The number of carbonyl (C=O) groups is 2.